The van der Waals surface area contributed by atoms with Crippen molar-refractivity contribution in [1.82, 2.24) is 4.98 Å². The highest BCUT2D eigenvalue weighted by atomic mass is 35.5. The summed E-state index contributed by atoms with van der Waals surface area (Å²) >= 11 is 6.06. The second-order valence-electron chi connectivity index (χ2n) is 5.00. The van der Waals surface area contributed by atoms with E-state index in [9.17, 15) is 4.79 Å². The molecule has 2 aromatic rings. The Labute approximate surface area is 134 Å². The molecule has 0 amide bonds. The molecule has 116 valence electrons. The SMILES string of the molecule is COC(=O)c1c(Cl)cccc1Oc1cncc(C(C)C)c1N. The molecule has 0 radical (unpaired) electrons. The zero-order chi connectivity index (χ0) is 16.3. The molecule has 0 atom stereocenters. The number of ether oxygens (including phenoxy) is 2. The van der Waals surface area contributed by atoms with Gasteiger partial charge in [-0.05, 0) is 23.6 Å². The van der Waals surface area contributed by atoms with Gasteiger partial charge >= 0.3 is 5.97 Å². The Morgan fingerprint density at radius 2 is 2.00 bits per heavy atom. The number of pyridine rings is 1. The van der Waals surface area contributed by atoms with Crippen molar-refractivity contribution in [3.05, 3.63) is 46.7 Å². The number of methoxy groups -OCH3 is 1. The van der Waals surface area contributed by atoms with Crippen LogP contribution in [0.3, 0.4) is 0 Å². The molecule has 0 aliphatic carbocycles. The minimum atomic E-state index is -0.577. The van der Waals surface area contributed by atoms with Crippen molar-refractivity contribution in [3.8, 4) is 11.5 Å². The first kappa shape index (κ1) is 16.1. The minimum Gasteiger partial charge on any atom is -0.465 e. The summed E-state index contributed by atoms with van der Waals surface area (Å²) < 4.78 is 10.5. The van der Waals surface area contributed by atoms with E-state index in [0.29, 0.717) is 11.4 Å². The zero-order valence-electron chi connectivity index (χ0n) is 12.6. The van der Waals surface area contributed by atoms with E-state index in [4.69, 9.17) is 26.8 Å². The fourth-order valence-corrected chi connectivity index (χ4v) is 2.26. The van der Waals surface area contributed by atoms with Crippen LogP contribution in [0.4, 0.5) is 5.69 Å². The molecule has 2 rings (SSSR count). The van der Waals surface area contributed by atoms with Gasteiger partial charge in [0, 0.05) is 6.20 Å². The Bertz CT molecular complexity index is 702. The maximum Gasteiger partial charge on any atom is 0.343 e. The van der Waals surface area contributed by atoms with Crippen LogP contribution in [0.5, 0.6) is 11.5 Å². The summed E-state index contributed by atoms with van der Waals surface area (Å²) in [4.78, 5) is 16.0. The first-order valence-corrected chi connectivity index (χ1v) is 7.11. The molecule has 6 heteroatoms. The van der Waals surface area contributed by atoms with Crippen LogP contribution in [0.15, 0.2) is 30.6 Å². The lowest BCUT2D eigenvalue weighted by molar-refractivity contribution is 0.0598. The highest BCUT2D eigenvalue weighted by Gasteiger charge is 2.19. The van der Waals surface area contributed by atoms with Crippen molar-refractivity contribution >= 4 is 23.3 Å². The summed E-state index contributed by atoms with van der Waals surface area (Å²) in [6, 6.07) is 4.90. The number of carbonyl (C=O) groups excluding carboxylic acids is 1. The van der Waals surface area contributed by atoms with Crippen LogP contribution in [0, 0.1) is 0 Å². The second kappa shape index (κ2) is 6.66. The van der Waals surface area contributed by atoms with Gasteiger partial charge in [-0.3, -0.25) is 4.98 Å². The predicted octanol–water partition coefficient (Wildman–Crippen LogP) is 4.02. The van der Waals surface area contributed by atoms with E-state index in [0.717, 1.165) is 5.56 Å². The molecule has 0 saturated heterocycles. The summed E-state index contributed by atoms with van der Waals surface area (Å²) in [7, 11) is 1.28. The van der Waals surface area contributed by atoms with E-state index in [1.165, 1.54) is 13.3 Å². The van der Waals surface area contributed by atoms with E-state index >= 15 is 0 Å². The summed E-state index contributed by atoms with van der Waals surface area (Å²) in [5, 5.41) is 0.246. The van der Waals surface area contributed by atoms with Crippen molar-refractivity contribution in [1.29, 1.82) is 0 Å². The normalized spacial score (nSPS) is 10.6. The van der Waals surface area contributed by atoms with Crippen molar-refractivity contribution in [2.24, 2.45) is 0 Å². The van der Waals surface area contributed by atoms with Crippen LogP contribution >= 0.6 is 11.6 Å². The van der Waals surface area contributed by atoms with E-state index in [2.05, 4.69) is 4.98 Å². The van der Waals surface area contributed by atoms with Gasteiger partial charge in [0.15, 0.2) is 5.75 Å². The van der Waals surface area contributed by atoms with Crippen LogP contribution < -0.4 is 10.5 Å². The Kier molecular flexibility index (Phi) is 4.88. The molecule has 0 bridgehead atoms. The molecule has 22 heavy (non-hydrogen) atoms. The molecule has 0 aliphatic rings. The summed E-state index contributed by atoms with van der Waals surface area (Å²) in [6.07, 6.45) is 3.20. The van der Waals surface area contributed by atoms with Gasteiger partial charge in [-0.25, -0.2) is 4.79 Å². The number of nitrogen functional groups attached to an aromatic ring is 1. The number of esters is 1. The molecular formula is C16H17ClN2O3. The third-order valence-corrected chi connectivity index (χ3v) is 3.50. The molecule has 0 unspecified atom stereocenters. The average Bonchev–Trinajstić information content (AvgIpc) is 2.48. The second-order valence-corrected chi connectivity index (χ2v) is 5.41. The van der Waals surface area contributed by atoms with E-state index in [-0.39, 0.29) is 22.3 Å². The van der Waals surface area contributed by atoms with Crippen LogP contribution in [0.1, 0.15) is 35.7 Å². The first-order chi connectivity index (χ1) is 10.5. The number of benzene rings is 1. The average molecular weight is 321 g/mol. The fraction of sp³-hybridized carbons (Fsp3) is 0.250. The molecule has 0 saturated carbocycles. The summed E-state index contributed by atoms with van der Waals surface area (Å²) in [5.74, 6) is 0.273. The molecule has 5 nitrogen and oxygen atoms in total. The maximum atomic E-state index is 11.9. The number of aromatic nitrogens is 1. The number of hydrogen-bond donors (Lipinski definition) is 1. The molecule has 1 aromatic heterocycles. The lowest BCUT2D eigenvalue weighted by Crippen LogP contribution is -2.06. The predicted molar refractivity (Wildman–Crippen MR) is 85.6 cm³/mol. The van der Waals surface area contributed by atoms with Gasteiger partial charge in [-0.15, -0.1) is 0 Å². The number of carbonyl (C=O) groups is 1. The monoisotopic (exact) mass is 320 g/mol. The molecule has 0 fully saturated rings. The largest absolute Gasteiger partial charge is 0.465 e. The Hall–Kier alpha value is -2.27. The van der Waals surface area contributed by atoms with Gasteiger partial charge in [0.25, 0.3) is 0 Å². The van der Waals surface area contributed by atoms with Crippen molar-refractivity contribution in [2.75, 3.05) is 12.8 Å². The Balaban J connectivity index is 2.46. The third kappa shape index (κ3) is 3.14. The highest BCUT2D eigenvalue weighted by Crippen LogP contribution is 2.35. The molecule has 2 N–H and O–H groups in total. The number of hydrogen-bond acceptors (Lipinski definition) is 5. The fourth-order valence-electron chi connectivity index (χ4n) is 2.02. The molecular weight excluding hydrogens is 304 g/mol. The van der Waals surface area contributed by atoms with Gasteiger partial charge in [-0.2, -0.15) is 0 Å². The first-order valence-electron chi connectivity index (χ1n) is 6.73. The van der Waals surface area contributed by atoms with Crippen molar-refractivity contribution < 1.29 is 14.3 Å². The number of rotatable bonds is 4. The zero-order valence-corrected chi connectivity index (χ0v) is 13.3. The topological polar surface area (TPSA) is 74.4 Å². The number of halogens is 1. The van der Waals surface area contributed by atoms with Gasteiger partial charge < -0.3 is 15.2 Å². The van der Waals surface area contributed by atoms with E-state index in [1.807, 2.05) is 13.8 Å². The quantitative estimate of drug-likeness (QED) is 0.861. The molecule has 0 aliphatic heterocycles. The van der Waals surface area contributed by atoms with Crippen LogP contribution in [0.25, 0.3) is 0 Å². The maximum absolute atomic E-state index is 11.9. The third-order valence-electron chi connectivity index (χ3n) is 3.19. The standard InChI is InChI=1S/C16H17ClN2O3/c1-9(2)10-7-19-8-13(15(10)18)22-12-6-4-5-11(17)14(12)16(20)21-3/h4-9H,1-3H3,(H2,18,19). The Morgan fingerprint density at radius 3 is 2.64 bits per heavy atom. The summed E-state index contributed by atoms with van der Waals surface area (Å²) in [6.45, 7) is 4.02. The number of nitrogens with two attached hydrogens (primary N) is 1. The van der Waals surface area contributed by atoms with Crippen molar-refractivity contribution in [2.45, 2.75) is 19.8 Å². The smallest absolute Gasteiger partial charge is 0.343 e. The van der Waals surface area contributed by atoms with Crippen LogP contribution in [0.2, 0.25) is 5.02 Å². The van der Waals surface area contributed by atoms with E-state index in [1.54, 1.807) is 24.4 Å². The number of anilines is 1. The number of nitrogens with zero attached hydrogens (tertiary/aromatic N) is 1. The van der Waals surface area contributed by atoms with Gasteiger partial charge in [0.1, 0.15) is 11.3 Å². The van der Waals surface area contributed by atoms with Gasteiger partial charge in [-0.1, -0.05) is 31.5 Å². The molecule has 0 spiro atoms. The Morgan fingerprint density at radius 1 is 1.27 bits per heavy atom. The van der Waals surface area contributed by atoms with Crippen LogP contribution in [-0.2, 0) is 4.74 Å². The minimum absolute atomic E-state index is 0.154. The highest BCUT2D eigenvalue weighted by molar-refractivity contribution is 6.34. The van der Waals surface area contributed by atoms with Crippen molar-refractivity contribution in [3.63, 3.8) is 0 Å². The lowest BCUT2D eigenvalue weighted by atomic mass is 10.0. The van der Waals surface area contributed by atoms with Gasteiger partial charge in [0.05, 0.1) is 24.0 Å². The molecule has 1 aromatic carbocycles. The van der Waals surface area contributed by atoms with Gasteiger partial charge in [0.2, 0.25) is 0 Å². The summed E-state index contributed by atoms with van der Waals surface area (Å²) in [5.41, 5.74) is 7.63. The van der Waals surface area contributed by atoms with Crippen LogP contribution in [-0.4, -0.2) is 18.1 Å². The molecule has 1 heterocycles. The lowest BCUT2D eigenvalue weighted by Gasteiger charge is -2.15. The van der Waals surface area contributed by atoms with E-state index < -0.39 is 5.97 Å².